The summed E-state index contributed by atoms with van der Waals surface area (Å²) in [6.45, 7) is 2.79. The smallest absolute Gasteiger partial charge is 0.231 e. The Morgan fingerprint density at radius 2 is 2.13 bits per heavy atom. The van der Waals surface area contributed by atoms with E-state index >= 15 is 0 Å². The molecular formula is C17H22N4OS. The largest absolute Gasteiger partial charge is 0.286 e. The van der Waals surface area contributed by atoms with Crippen molar-refractivity contribution in [3.8, 4) is 10.6 Å². The Balaban J connectivity index is 1.81. The van der Waals surface area contributed by atoms with E-state index < -0.39 is 0 Å². The van der Waals surface area contributed by atoms with Gasteiger partial charge in [-0.2, -0.15) is 0 Å². The number of anilines is 1. The summed E-state index contributed by atoms with van der Waals surface area (Å²) >= 11 is 1.47. The van der Waals surface area contributed by atoms with Crippen LogP contribution in [0.1, 0.15) is 45.4 Å². The Hall–Kier alpha value is -1.82. The fourth-order valence-corrected chi connectivity index (χ4v) is 3.89. The molecule has 0 N–H and O–H groups in total. The number of rotatable bonds is 5. The molecule has 0 aromatic carbocycles. The summed E-state index contributed by atoms with van der Waals surface area (Å²) in [5, 5.41) is 10.0. The van der Waals surface area contributed by atoms with Crippen LogP contribution in [0.2, 0.25) is 0 Å². The first-order valence-electron chi connectivity index (χ1n) is 8.35. The van der Waals surface area contributed by atoms with Crippen LogP contribution in [0.5, 0.6) is 0 Å². The third-order valence-corrected chi connectivity index (χ3v) is 5.22. The van der Waals surface area contributed by atoms with Gasteiger partial charge in [0.2, 0.25) is 11.0 Å². The number of pyridine rings is 1. The van der Waals surface area contributed by atoms with Crippen LogP contribution in [0.3, 0.4) is 0 Å². The standard InChI is InChI=1S/C17H22N4OS/c1-2-11-21(16(22)13-7-4-3-5-8-13)17-20-19-15(23-17)14-9-6-10-18-12-14/h6,9-10,12-13H,2-5,7-8,11H2,1H3. The number of carbonyl (C=O) groups excluding carboxylic acids is 1. The first kappa shape index (κ1) is 16.1. The second kappa shape index (κ2) is 7.64. The second-order valence-corrected chi connectivity index (χ2v) is 6.91. The molecule has 23 heavy (non-hydrogen) atoms. The molecule has 1 saturated carbocycles. The molecule has 0 bridgehead atoms. The summed E-state index contributed by atoms with van der Waals surface area (Å²) < 4.78 is 0. The Kier molecular flexibility index (Phi) is 5.33. The van der Waals surface area contributed by atoms with Crippen molar-refractivity contribution in [2.75, 3.05) is 11.4 Å². The van der Waals surface area contributed by atoms with Gasteiger partial charge in [0, 0.05) is 30.4 Å². The van der Waals surface area contributed by atoms with Crippen molar-refractivity contribution >= 4 is 22.4 Å². The highest BCUT2D eigenvalue weighted by Crippen LogP contribution is 2.31. The molecule has 6 heteroatoms. The van der Waals surface area contributed by atoms with Crippen molar-refractivity contribution in [3.63, 3.8) is 0 Å². The van der Waals surface area contributed by atoms with Gasteiger partial charge in [-0.15, -0.1) is 10.2 Å². The van der Waals surface area contributed by atoms with E-state index in [2.05, 4.69) is 22.1 Å². The zero-order valence-corrected chi connectivity index (χ0v) is 14.3. The van der Waals surface area contributed by atoms with E-state index in [0.29, 0.717) is 11.7 Å². The molecule has 1 aliphatic carbocycles. The van der Waals surface area contributed by atoms with Crippen molar-refractivity contribution in [3.05, 3.63) is 24.5 Å². The summed E-state index contributed by atoms with van der Waals surface area (Å²) in [7, 11) is 0. The zero-order chi connectivity index (χ0) is 16.1. The average molecular weight is 330 g/mol. The first-order chi connectivity index (χ1) is 11.3. The molecule has 0 saturated heterocycles. The van der Waals surface area contributed by atoms with Gasteiger partial charge in [0.15, 0.2) is 5.01 Å². The van der Waals surface area contributed by atoms with Crippen molar-refractivity contribution < 1.29 is 4.79 Å². The Morgan fingerprint density at radius 1 is 1.30 bits per heavy atom. The molecule has 2 heterocycles. The quantitative estimate of drug-likeness (QED) is 0.833. The number of hydrogen-bond acceptors (Lipinski definition) is 5. The van der Waals surface area contributed by atoms with Crippen LogP contribution in [-0.2, 0) is 4.79 Å². The van der Waals surface area contributed by atoms with Crippen molar-refractivity contribution in [2.45, 2.75) is 45.4 Å². The van der Waals surface area contributed by atoms with Gasteiger partial charge in [-0.1, -0.05) is 37.5 Å². The van der Waals surface area contributed by atoms with Crippen molar-refractivity contribution in [1.29, 1.82) is 0 Å². The predicted octanol–water partition coefficient (Wildman–Crippen LogP) is 3.92. The topological polar surface area (TPSA) is 59.0 Å². The average Bonchev–Trinajstić information content (AvgIpc) is 3.10. The number of aromatic nitrogens is 3. The van der Waals surface area contributed by atoms with Crippen LogP contribution >= 0.6 is 11.3 Å². The zero-order valence-electron chi connectivity index (χ0n) is 13.4. The monoisotopic (exact) mass is 330 g/mol. The fourth-order valence-electron chi connectivity index (χ4n) is 3.02. The van der Waals surface area contributed by atoms with Crippen LogP contribution in [0, 0.1) is 5.92 Å². The van der Waals surface area contributed by atoms with Crippen LogP contribution in [0.15, 0.2) is 24.5 Å². The van der Waals surface area contributed by atoms with Crippen LogP contribution in [0.4, 0.5) is 5.13 Å². The minimum atomic E-state index is 0.154. The van der Waals surface area contributed by atoms with Gasteiger partial charge in [-0.25, -0.2) is 0 Å². The number of nitrogens with zero attached hydrogens (tertiary/aromatic N) is 4. The summed E-state index contributed by atoms with van der Waals surface area (Å²) in [6.07, 6.45) is 10.0. The molecule has 3 rings (SSSR count). The van der Waals surface area contributed by atoms with Gasteiger partial charge < -0.3 is 0 Å². The first-order valence-corrected chi connectivity index (χ1v) is 9.16. The molecule has 0 unspecified atom stereocenters. The lowest BCUT2D eigenvalue weighted by atomic mass is 9.88. The summed E-state index contributed by atoms with van der Waals surface area (Å²) in [5.41, 5.74) is 0.942. The van der Waals surface area contributed by atoms with E-state index in [1.807, 2.05) is 17.0 Å². The molecule has 1 aliphatic rings. The fraction of sp³-hybridized carbons (Fsp3) is 0.529. The van der Waals surface area contributed by atoms with E-state index in [1.165, 1.54) is 17.8 Å². The SMILES string of the molecule is CCCN(C(=O)C1CCCCC1)c1nnc(-c2cccnc2)s1. The highest BCUT2D eigenvalue weighted by molar-refractivity contribution is 7.18. The van der Waals surface area contributed by atoms with E-state index in [1.54, 1.807) is 12.4 Å². The maximum Gasteiger partial charge on any atom is 0.231 e. The minimum absolute atomic E-state index is 0.154. The van der Waals surface area contributed by atoms with E-state index in [-0.39, 0.29) is 11.8 Å². The molecule has 0 spiro atoms. The molecule has 1 amide bonds. The van der Waals surface area contributed by atoms with E-state index in [4.69, 9.17) is 0 Å². The maximum atomic E-state index is 12.9. The van der Waals surface area contributed by atoms with Crippen LogP contribution in [-0.4, -0.2) is 27.6 Å². The van der Waals surface area contributed by atoms with Gasteiger partial charge in [0.05, 0.1) is 0 Å². The molecule has 122 valence electrons. The van der Waals surface area contributed by atoms with Crippen LogP contribution in [0.25, 0.3) is 10.6 Å². The van der Waals surface area contributed by atoms with E-state index in [0.717, 1.165) is 42.7 Å². The molecule has 0 atom stereocenters. The summed E-state index contributed by atoms with van der Waals surface area (Å²) in [4.78, 5) is 18.8. The van der Waals surface area contributed by atoms with Gasteiger partial charge in [0.25, 0.3) is 0 Å². The number of hydrogen-bond donors (Lipinski definition) is 0. The highest BCUT2D eigenvalue weighted by atomic mass is 32.1. The normalized spacial score (nSPS) is 15.5. The van der Waals surface area contributed by atoms with Gasteiger partial charge in [-0.3, -0.25) is 14.7 Å². The summed E-state index contributed by atoms with van der Waals surface area (Å²) in [6, 6.07) is 3.85. The Bertz CT molecular complexity index is 637. The van der Waals surface area contributed by atoms with Gasteiger partial charge in [-0.05, 0) is 31.4 Å². The maximum absolute atomic E-state index is 12.9. The van der Waals surface area contributed by atoms with Crippen molar-refractivity contribution in [1.82, 2.24) is 15.2 Å². The van der Waals surface area contributed by atoms with Gasteiger partial charge in [0.1, 0.15) is 0 Å². The van der Waals surface area contributed by atoms with Gasteiger partial charge >= 0.3 is 0 Å². The highest BCUT2D eigenvalue weighted by Gasteiger charge is 2.28. The molecule has 0 aliphatic heterocycles. The second-order valence-electron chi connectivity index (χ2n) is 5.96. The Morgan fingerprint density at radius 3 is 2.83 bits per heavy atom. The minimum Gasteiger partial charge on any atom is -0.286 e. The lowest BCUT2D eigenvalue weighted by molar-refractivity contribution is -0.123. The number of amides is 1. The Labute approximate surface area is 140 Å². The lowest BCUT2D eigenvalue weighted by Gasteiger charge is -2.27. The molecular weight excluding hydrogens is 308 g/mol. The molecule has 0 radical (unpaired) electrons. The third kappa shape index (κ3) is 3.75. The molecule has 5 nitrogen and oxygen atoms in total. The molecule has 2 aromatic rings. The molecule has 1 fully saturated rings. The van der Waals surface area contributed by atoms with E-state index in [9.17, 15) is 4.79 Å². The number of carbonyl (C=O) groups is 1. The summed E-state index contributed by atoms with van der Waals surface area (Å²) in [5.74, 6) is 0.376. The third-order valence-electron chi connectivity index (χ3n) is 4.22. The molecule has 2 aromatic heterocycles. The lowest BCUT2D eigenvalue weighted by Crippen LogP contribution is -2.37. The predicted molar refractivity (Wildman–Crippen MR) is 92.4 cm³/mol. The van der Waals surface area contributed by atoms with Crippen molar-refractivity contribution in [2.24, 2.45) is 5.92 Å². The van der Waals surface area contributed by atoms with Crippen LogP contribution < -0.4 is 4.90 Å².